The van der Waals surface area contributed by atoms with Crippen LogP contribution in [-0.4, -0.2) is 23.2 Å². The monoisotopic (exact) mass is 379 g/mol. The van der Waals surface area contributed by atoms with Crippen molar-refractivity contribution in [3.63, 3.8) is 0 Å². The highest BCUT2D eigenvalue weighted by Gasteiger charge is 2.16. The Kier molecular flexibility index (Phi) is 4.21. The lowest BCUT2D eigenvalue weighted by Crippen LogP contribution is -2.13. The molecule has 0 saturated heterocycles. The van der Waals surface area contributed by atoms with Crippen molar-refractivity contribution in [1.82, 2.24) is 10.2 Å². The Bertz CT molecular complexity index is 815. The maximum atomic E-state index is 12.2. The van der Waals surface area contributed by atoms with Crippen molar-refractivity contribution in [2.75, 3.05) is 12.4 Å². The zero-order chi connectivity index (χ0) is 15.5. The number of anilines is 1. The van der Waals surface area contributed by atoms with Crippen molar-refractivity contribution in [3.8, 4) is 16.5 Å². The summed E-state index contributed by atoms with van der Waals surface area (Å²) in [5, 5.41) is 10.3. The van der Waals surface area contributed by atoms with Gasteiger partial charge < -0.3 is 9.15 Å². The van der Waals surface area contributed by atoms with E-state index in [9.17, 15) is 4.79 Å². The van der Waals surface area contributed by atoms with Crippen molar-refractivity contribution in [2.45, 2.75) is 0 Å². The SMILES string of the molecule is COc1ccccc1C(=O)Nc1nnc(-c2ccc(Br)s2)o1. The normalized spacial score (nSPS) is 10.5. The number of nitrogens with one attached hydrogen (secondary N) is 1. The molecule has 1 amide bonds. The third kappa shape index (κ3) is 3.02. The molecule has 0 bridgehead atoms. The van der Waals surface area contributed by atoms with E-state index in [1.54, 1.807) is 24.3 Å². The van der Waals surface area contributed by atoms with Gasteiger partial charge in [-0.1, -0.05) is 17.2 Å². The largest absolute Gasteiger partial charge is 0.496 e. The van der Waals surface area contributed by atoms with Crippen molar-refractivity contribution < 1.29 is 13.9 Å². The Morgan fingerprint density at radius 1 is 1.27 bits per heavy atom. The number of ether oxygens (including phenoxy) is 1. The number of aromatic nitrogens is 2. The molecule has 0 radical (unpaired) electrons. The van der Waals surface area contributed by atoms with E-state index in [1.807, 2.05) is 12.1 Å². The van der Waals surface area contributed by atoms with Gasteiger partial charge in [0, 0.05) is 0 Å². The summed E-state index contributed by atoms with van der Waals surface area (Å²) >= 11 is 4.83. The summed E-state index contributed by atoms with van der Waals surface area (Å²) in [4.78, 5) is 13.0. The van der Waals surface area contributed by atoms with Crippen LogP contribution in [-0.2, 0) is 0 Å². The lowest BCUT2D eigenvalue weighted by Gasteiger charge is -2.06. The Morgan fingerprint density at radius 3 is 2.82 bits per heavy atom. The maximum absolute atomic E-state index is 12.2. The number of carbonyl (C=O) groups excluding carboxylic acids is 1. The minimum Gasteiger partial charge on any atom is -0.496 e. The number of carbonyl (C=O) groups is 1. The zero-order valence-electron chi connectivity index (χ0n) is 11.4. The van der Waals surface area contributed by atoms with Crippen LogP contribution in [0.4, 0.5) is 6.01 Å². The molecule has 3 rings (SSSR count). The minimum absolute atomic E-state index is 0.0374. The molecule has 2 aromatic heterocycles. The van der Waals surface area contributed by atoms with Gasteiger partial charge in [-0.2, -0.15) is 0 Å². The number of nitrogens with zero attached hydrogens (tertiary/aromatic N) is 2. The van der Waals surface area contributed by atoms with E-state index in [0.29, 0.717) is 17.2 Å². The number of thiophene rings is 1. The quantitative estimate of drug-likeness (QED) is 0.745. The number of hydrogen-bond acceptors (Lipinski definition) is 6. The molecule has 2 heterocycles. The van der Waals surface area contributed by atoms with E-state index in [0.717, 1.165) is 8.66 Å². The van der Waals surface area contributed by atoms with Gasteiger partial charge in [-0.25, -0.2) is 0 Å². The van der Waals surface area contributed by atoms with Crippen LogP contribution in [0, 0.1) is 0 Å². The van der Waals surface area contributed by atoms with Crippen LogP contribution in [0.5, 0.6) is 5.75 Å². The van der Waals surface area contributed by atoms with E-state index in [1.165, 1.54) is 18.4 Å². The highest BCUT2D eigenvalue weighted by Crippen LogP contribution is 2.31. The molecule has 0 atom stereocenters. The van der Waals surface area contributed by atoms with Crippen LogP contribution in [0.15, 0.2) is 44.6 Å². The van der Waals surface area contributed by atoms with Crippen molar-refractivity contribution in [3.05, 3.63) is 45.7 Å². The first-order chi connectivity index (χ1) is 10.7. The van der Waals surface area contributed by atoms with Crippen LogP contribution in [0.2, 0.25) is 0 Å². The Hall–Kier alpha value is -2.19. The topological polar surface area (TPSA) is 77.2 Å². The Morgan fingerprint density at radius 2 is 2.09 bits per heavy atom. The second-order valence-corrected chi connectivity index (χ2v) is 6.63. The molecule has 0 spiro atoms. The van der Waals surface area contributed by atoms with Crippen LogP contribution in [0.25, 0.3) is 10.8 Å². The molecule has 22 heavy (non-hydrogen) atoms. The van der Waals surface area contributed by atoms with Crippen LogP contribution < -0.4 is 10.1 Å². The van der Waals surface area contributed by atoms with E-state index in [2.05, 4.69) is 31.4 Å². The molecule has 8 heteroatoms. The number of benzene rings is 1. The highest BCUT2D eigenvalue weighted by molar-refractivity contribution is 9.11. The first kappa shape index (κ1) is 14.7. The van der Waals surface area contributed by atoms with E-state index < -0.39 is 0 Å². The van der Waals surface area contributed by atoms with Gasteiger partial charge in [0.15, 0.2) is 0 Å². The molecule has 0 aliphatic carbocycles. The fourth-order valence-corrected chi connectivity index (χ4v) is 3.11. The van der Waals surface area contributed by atoms with Crippen molar-refractivity contribution in [1.29, 1.82) is 0 Å². The molecule has 1 aromatic carbocycles. The Labute approximate surface area is 138 Å². The number of halogens is 1. The fraction of sp³-hybridized carbons (Fsp3) is 0.0714. The molecule has 3 aromatic rings. The number of rotatable bonds is 4. The average molecular weight is 380 g/mol. The Balaban J connectivity index is 1.79. The number of hydrogen-bond donors (Lipinski definition) is 1. The number of amides is 1. The first-order valence-corrected chi connectivity index (χ1v) is 7.82. The predicted molar refractivity (Wildman–Crippen MR) is 86.3 cm³/mol. The van der Waals surface area contributed by atoms with Gasteiger partial charge in [0.05, 0.1) is 21.3 Å². The van der Waals surface area contributed by atoms with E-state index in [4.69, 9.17) is 9.15 Å². The first-order valence-electron chi connectivity index (χ1n) is 6.21. The predicted octanol–water partition coefficient (Wildman–Crippen LogP) is 3.82. The number of para-hydroxylation sites is 1. The highest BCUT2D eigenvalue weighted by atomic mass is 79.9. The second-order valence-electron chi connectivity index (χ2n) is 4.17. The third-order valence-electron chi connectivity index (χ3n) is 2.78. The summed E-state index contributed by atoms with van der Waals surface area (Å²) in [6, 6.07) is 10.7. The molecular formula is C14H10BrN3O3S. The van der Waals surface area contributed by atoms with Gasteiger partial charge >= 0.3 is 6.01 Å². The molecular weight excluding hydrogens is 370 g/mol. The smallest absolute Gasteiger partial charge is 0.322 e. The van der Waals surface area contributed by atoms with Crippen molar-refractivity contribution in [2.24, 2.45) is 0 Å². The van der Waals surface area contributed by atoms with Crippen LogP contribution >= 0.6 is 27.3 Å². The lowest BCUT2D eigenvalue weighted by atomic mass is 10.2. The average Bonchev–Trinajstić information content (AvgIpc) is 3.16. The summed E-state index contributed by atoms with van der Waals surface area (Å²) in [6.07, 6.45) is 0. The number of methoxy groups -OCH3 is 1. The molecule has 0 aliphatic rings. The summed E-state index contributed by atoms with van der Waals surface area (Å²) in [5.41, 5.74) is 0.392. The molecule has 0 saturated carbocycles. The molecule has 6 nitrogen and oxygen atoms in total. The summed E-state index contributed by atoms with van der Waals surface area (Å²) in [6.45, 7) is 0. The molecule has 112 valence electrons. The van der Waals surface area contributed by atoms with E-state index >= 15 is 0 Å². The van der Waals surface area contributed by atoms with Crippen LogP contribution in [0.1, 0.15) is 10.4 Å². The van der Waals surface area contributed by atoms with Gasteiger partial charge in [-0.05, 0) is 40.2 Å². The molecule has 0 aliphatic heterocycles. The van der Waals surface area contributed by atoms with Gasteiger partial charge in [-0.3, -0.25) is 10.1 Å². The fourth-order valence-electron chi connectivity index (χ4n) is 1.80. The van der Waals surface area contributed by atoms with Crippen molar-refractivity contribution >= 4 is 39.2 Å². The van der Waals surface area contributed by atoms with Gasteiger partial charge in [0.1, 0.15) is 5.75 Å². The second kappa shape index (κ2) is 6.29. The molecule has 1 N–H and O–H groups in total. The molecule has 0 unspecified atom stereocenters. The minimum atomic E-state index is -0.375. The van der Waals surface area contributed by atoms with Gasteiger partial charge in [-0.15, -0.1) is 16.4 Å². The standard InChI is InChI=1S/C14H10BrN3O3S/c1-20-9-5-3-2-4-8(9)12(19)16-14-18-17-13(21-14)10-6-7-11(15)22-10/h2-7H,1H3,(H,16,18,19). The summed E-state index contributed by atoms with van der Waals surface area (Å²) < 4.78 is 11.6. The van der Waals surface area contributed by atoms with Gasteiger partial charge in [0.25, 0.3) is 11.8 Å². The lowest BCUT2D eigenvalue weighted by molar-refractivity contribution is 0.102. The van der Waals surface area contributed by atoms with Gasteiger partial charge in [0.2, 0.25) is 0 Å². The summed E-state index contributed by atoms with van der Waals surface area (Å²) in [5.74, 6) is 0.452. The van der Waals surface area contributed by atoms with Crippen LogP contribution in [0.3, 0.4) is 0 Å². The third-order valence-corrected chi connectivity index (χ3v) is 4.39. The molecule has 0 fully saturated rings. The maximum Gasteiger partial charge on any atom is 0.322 e. The zero-order valence-corrected chi connectivity index (χ0v) is 13.8. The summed E-state index contributed by atoms with van der Waals surface area (Å²) in [7, 11) is 1.51. The van der Waals surface area contributed by atoms with E-state index in [-0.39, 0.29) is 11.9 Å².